The molecule has 3 nitrogen and oxygen atoms in total. The summed E-state index contributed by atoms with van der Waals surface area (Å²) >= 11 is 0. The van der Waals surface area contributed by atoms with Crippen LogP contribution in [0.25, 0.3) is 0 Å². The highest BCUT2D eigenvalue weighted by Crippen LogP contribution is 2.11. The van der Waals surface area contributed by atoms with Gasteiger partial charge in [0.25, 0.3) is 0 Å². The molecule has 1 aromatic heterocycles. The van der Waals surface area contributed by atoms with Crippen LogP contribution in [-0.2, 0) is 25.9 Å². The van der Waals surface area contributed by atoms with Gasteiger partial charge in [0.05, 0.1) is 6.20 Å². The van der Waals surface area contributed by atoms with E-state index in [0.29, 0.717) is 0 Å². The Kier molecular flexibility index (Phi) is 6.48. The quantitative estimate of drug-likeness (QED) is 0.714. The van der Waals surface area contributed by atoms with Crippen LogP contribution in [0.5, 0.6) is 0 Å². The predicted molar refractivity (Wildman–Crippen MR) is 88.4 cm³/mol. The van der Waals surface area contributed by atoms with Crippen molar-refractivity contribution in [3.63, 3.8) is 0 Å². The SMILES string of the molecule is CCCNCc1cnn(CCCc2ccccc2)c1CC. The summed E-state index contributed by atoms with van der Waals surface area (Å²) in [5.41, 5.74) is 4.14. The summed E-state index contributed by atoms with van der Waals surface area (Å²) in [6, 6.07) is 10.7. The monoisotopic (exact) mass is 285 g/mol. The summed E-state index contributed by atoms with van der Waals surface area (Å²) in [6.45, 7) is 7.43. The molecule has 0 saturated carbocycles. The normalized spacial score (nSPS) is 11.0. The van der Waals surface area contributed by atoms with Gasteiger partial charge in [-0.05, 0) is 37.8 Å². The topological polar surface area (TPSA) is 29.9 Å². The molecule has 1 aromatic carbocycles. The lowest BCUT2D eigenvalue weighted by atomic mass is 10.1. The van der Waals surface area contributed by atoms with Gasteiger partial charge < -0.3 is 5.32 Å². The van der Waals surface area contributed by atoms with Crippen molar-refractivity contribution >= 4 is 0 Å². The van der Waals surface area contributed by atoms with Gasteiger partial charge in [0.2, 0.25) is 0 Å². The zero-order valence-corrected chi connectivity index (χ0v) is 13.3. The largest absolute Gasteiger partial charge is 0.313 e. The van der Waals surface area contributed by atoms with Crippen molar-refractivity contribution in [2.24, 2.45) is 0 Å². The number of aryl methyl sites for hydroxylation is 2. The van der Waals surface area contributed by atoms with Gasteiger partial charge in [-0.1, -0.05) is 44.2 Å². The van der Waals surface area contributed by atoms with E-state index in [1.54, 1.807) is 0 Å². The Hall–Kier alpha value is -1.61. The molecule has 0 aliphatic carbocycles. The summed E-state index contributed by atoms with van der Waals surface area (Å²) in [6.07, 6.45) is 6.51. The van der Waals surface area contributed by atoms with Crippen molar-refractivity contribution in [2.45, 2.75) is 52.6 Å². The molecule has 0 fully saturated rings. The first-order valence-electron chi connectivity index (χ1n) is 8.13. The van der Waals surface area contributed by atoms with Gasteiger partial charge in [-0.2, -0.15) is 5.10 Å². The fourth-order valence-corrected chi connectivity index (χ4v) is 2.68. The minimum absolute atomic E-state index is 0.940. The molecule has 0 aliphatic rings. The summed E-state index contributed by atoms with van der Waals surface area (Å²) in [5, 5.41) is 8.04. The number of benzene rings is 1. The van der Waals surface area contributed by atoms with Crippen LogP contribution in [0, 0.1) is 0 Å². The summed E-state index contributed by atoms with van der Waals surface area (Å²) in [4.78, 5) is 0. The van der Waals surface area contributed by atoms with Gasteiger partial charge in [0, 0.05) is 24.3 Å². The Morgan fingerprint density at radius 1 is 1.14 bits per heavy atom. The molecule has 0 atom stereocenters. The number of nitrogens with one attached hydrogen (secondary N) is 1. The molecule has 0 amide bonds. The number of rotatable bonds is 9. The highest BCUT2D eigenvalue weighted by atomic mass is 15.3. The second kappa shape index (κ2) is 8.63. The smallest absolute Gasteiger partial charge is 0.0537 e. The van der Waals surface area contributed by atoms with Crippen LogP contribution in [0.3, 0.4) is 0 Å². The van der Waals surface area contributed by atoms with Crippen molar-refractivity contribution in [3.05, 3.63) is 53.3 Å². The third-order valence-corrected chi connectivity index (χ3v) is 3.79. The Balaban J connectivity index is 1.87. The Morgan fingerprint density at radius 2 is 1.95 bits per heavy atom. The van der Waals surface area contributed by atoms with Crippen LogP contribution in [0.1, 0.15) is 43.5 Å². The Morgan fingerprint density at radius 3 is 2.67 bits per heavy atom. The van der Waals surface area contributed by atoms with Crippen LogP contribution in [-0.4, -0.2) is 16.3 Å². The molecule has 1 N–H and O–H groups in total. The zero-order valence-electron chi connectivity index (χ0n) is 13.3. The molecule has 0 saturated heterocycles. The first-order chi connectivity index (χ1) is 10.3. The lowest BCUT2D eigenvalue weighted by Crippen LogP contribution is -2.15. The van der Waals surface area contributed by atoms with E-state index >= 15 is 0 Å². The Labute approximate surface area is 128 Å². The van der Waals surface area contributed by atoms with E-state index in [2.05, 4.69) is 59.3 Å². The molecule has 2 aromatic rings. The predicted octanol–water partition coefficient (Wildman–Crippen LogP) is 3.58. The highest BCUT2D eigenvalue weighted by molar-refractivity contribution is 5.18. The Bertz CT molecular complexity index is 517. The molecule has 0 bridgehead atoms. The van der Waals surface area contributed by atoms with Gasteiger partial charge in [-0.25, -0.2) is 0 Å². The van der Waals surface area contributed by atoms with Crippen LogP contribution in [0.15, 0.2) is 36.5 Å². The minimum Gasteiger partial charge on any atom is -0.313 e. The summed E-state index contributed by atoms with van der Waals surface area (Å²) in [7, 11) is 0. The number of hydrogen-bond acceptors (Lipinski definition) is 2. The fourth-order valence-electron chi connectivity index (χ4n) is 2.68. The van der Waals surface area contributed by atoms with Gasteiger partial charge in [-0.3, -0.25) is 4.68 Å². The molecule has 0 unspecified atom stereocenters. The van der Waals surface area contributed by atoms with Gasteiger partial charge in [-0.15, -0.1) is 0 Å². The number of hydrogen-bond donors (Lipinski definition) is 1. The first-order valence-corrected chi connectivity index (χ1v) is 8.13. The number of nitrogens with zero attached hydrogens (tertiary/aromatic N) is 2. The average molecular weight is 285 g/mol. The van der Waals surface area contributed by atoms with E-state index in [-0.39, 0.29) is 0 Å². The van der Waals surface area contributed by atoms with Crippen molar-refractivity contribution in [1.82, 2.24) is 15.1 Å². The van der Waals surface area contributed by atoms with Crippen molar-refractivity contribution < 1.29 is 0 Å². The van der Waals surface area contributed by atoms with Crippen molar-refractivity contribution in [1.29, 1.82) is 0 Å². The molecule has 2 rings (SSSR count). The van der Waals surface area contributed by atoms with Gasteiger partial charge >= 0.3 is 0 Å². The van der Waals surface area contributed by atoms with Crippen LogP contribution in [0.4, 0.5) is 0 Å². The van der Waals surface area contributed by atoms with E-state index in [1.807, 2.05) is 6.20 Å². The molecular weight excluding hydrogens is 258 g/mol. The standard InChI is InChI=1S/C18H27N3/c1-3-12-19-14-17-15-20-21(18(17)4-2)13-8-11-16-9-6-5-7-10-16/h5-7,9-10,15,19H,3-4,8,11-14H2,1-2H3. The minimum atomic E-state index is 0.940. The van der Waals surface area contributed by atoms with E-state index < -0.39 is 0 Å². The second-order valence-electron chi connectivity index (χ2n) is 5.46. The molecular formula is C18H27N3. The average Bonchev–Trinajstić information content (AvgIpc) is 2.91. The van der Waals surface area contributed by atoms with Gasteiger partial charge in [0.1, 0.15) is 0 Å². The van der Waals surface area contributed by atoms with Crippen LogP contribution < -0.4 is 5.32 Å². The van der Waals surface area contributed by atoms with E-state index in [1.165, 1.54) is 23.2 Å². The third-order valence-electron chi connectivity index (χ3n) is 3.79. The zero-order chi connectivity index (χ0) is 14.9. The van der Waals surface area contributed by atoms with E-state index in [4.69, 9.17) is 0 Å². The molecule has 0 spiro atoms. The first kappa shape index (κ1) is 15.8. The fraction of sp³-hybridized carbons (Fsp3) is 0.500. The third kappa shape index (κ3) is 4.71. The van der Waals surface area contributed by atoms with Crippen molar-refractivity contribution in [2.75, 3.05) is 6.54 Å². The maximum Gasteiger partial charge on any atom is 0.0537 e. The number of aromatic nitrogens is 2. The molecule has 0 radical (unpaired) electrons. The van der Waals surface area contributed by atoms with Crippen LogP contribution >= 0.6 is 0 Å². The summed E-state index contributed by atoms with van der Waals surface area (Å²) in [5.74, 6) is 0. The van der Waals surface area contributed by atoms with Gasteiger partial charge in [0.15, 0.2) is 0 Å². The highest BCUT2D eigenvalue weighted by Gasteiger charge is 2.08. The maximum atomic E-state index is 4.57. The lowest BCUT2D eigenvalue weighted by molar-refractivity contribution is 0.554. The molecule has 1 heterocycles. The van der Waals surface area contributed by atoms with E-state index in [9.17, 15) is 0 Å². The molecule has 0 aliphatic heterocycles. The maximum absolute atomic E-state index is 4.57. The molecule has 114 valence electrons. The molecule has 21 heavy (non-hydrogen) atoms. The second-order valence-corrected chi connectivity index (χ2v) is 5.46. The van der Waals surface area contributed by atoms with Crippen molar-refractivity contribution in [3.8, 4) is 0 Å². The van der Waals surface area contributed by atoms with E-state index in [0.717, 1.165) is 38.9 Å². The summed E-state index contributed by atoms with van der Waals surface area (Å²) < 4.78 is 2.19. The lowest BCUT2D eigenvalue weighted by Gasteiger charge is -2.08. The molecule has 3 heteroatoms. The van der Waals surface area contributed by atoms with Crippen LogP contribution in [0.2, 0.25) is 0 Å².